The second-order valence-electron chi connectivity index (χ2n) is 29.6. The highest BCUT2D eigenvalue weighted by atomic mass is 33.1. The monoisotopic (exact) mass is 1120 g/mol. The molecule has 2 aromatic carbocycles. The first-order valence-corrected chi connectivity index (χ1v) is 35.0. The largest absolute Gasteiger partial charge is 0.504 e. The van der Waals surface area contributed by atoms with Gasteiger partial charge in [-0.15, -0.1) is 0 Å². The first-order valence-electron chi connectivity index (χ1n) is 32.6. The van der Waals surface area contributed by atoms with E-state index in [2.05, 4.69) is 80.4 Å². The maximum Gasteiger partial charge on any atom is 0.303 e. The number of nitrogens with zero attached hydrogens (tertiary/aromatic N) is 2. The van der Waals surface area contributed by atoms with Gasteiger partial charge in [-0.1, -0.05) is 90.1 Å². The molecule has 10 fully saturated rings. The number of esters is 1. The normalized spacial score (nSPS) is 43.2. The lowest BCUT2D eigenvalue weighted by atomic mass is 9.47. The topological polar surface area (TPSA) is 147 Å². The maximum atomic E-state index is 15.1. The number of rotatable bonds is 2. The molecule has 10 aliphatic carbocycles. The number of benzene rings is 2. The van der Waals surface area contributed by atoms with Crippen LogP contribution in [0, 0.1) is 63.1 Å². The van der Waals surface area contributed by atoms with E-state index in [0.29, 0.717) is 85.1 Å². The molecule has 7 aliphatic heterocycles. The molecule has 1 amide bonds. The van der Waals surface area contributed by atoms with Gasteiger partial charge in [0.15, 0.2) is 17.5 Å². The summed E-state index contributed by atoms with van der Waals surface area (Å²) in [6.07, 6.45) is 36.4. The number of carbonyl (C=O) groups is 2. The Kier molecular flexibility index (Phi) is 13.3. The van der Waals surface area contributed by atoms with Crippen LogP contribution in [0.1, 0.15) is 221 Å². The van der Waals surface area contributed by atoms with Crippen LogP contribution in [-0.2, 0) is 27.3 Å². The minimum atomic E-state index is -0.785. The second-order valence-corrected chi connectivity index (χ2v) is 32.2. The van der Waals surface area contributed by atoms with Gasteiger partial charge in [-0.3, -0.25) is 14.6 Å². The lowest BCUT2D eigenvalue weighted by Crippen LogP contribution is -2.59. The molecule has 12 bridgehead atoms. The van der Waals surface area contributed by atoms with Gasteiger partial charge in [0.25, 0.3) is 0 Å². The smallest absolute Gasteiger partial charge is 0.303 e. The van der Waals surface area contributed by atoms with Crippen LogP contribution in [0.3, 0.4) is 0 Å². The molecule has 9 saturated carbocycles. The van der Waals surface area contributed by atoms with Crippen molar-refractivity contribution in [2.24, 2.45) is 73.8 Å². The van der Waals surface area contributed by atoms with Gasteiger partial charge in [0.1, 0.15) is 16.1 Å². The van der Waals surface area contributed by atoms with Gasteiger partial charge in [0.2, 0.25) is 5.91 Å². The molecule has 1 saturated heterocycles. The van der Waals surface area contributed by atoms with Gasteiger partial charge >= 0.3 is 5.97 Å². The van der Waals surface area contributed by atoms with Gasteiger partial charge in [-0.2, -0.15) is 0 Å². The summed E-state index contributed by atoms with van der Waals surface area (Å²) in [6.45, 7) is 3.04. The third kappa shape index (κ3) is 8.17. The first-order chi connectivity index (χ1) is 38.8. The number of aromatic hydroxyl groups is 1. The molecule has 80 heavy (non-hydrogen) atoms. The Morgan fingerprint density at radius 1 is 0.812 bits per heavy atom. The number of phenols is 1. The van der Waals surface area contributed by atoms with E-state index in [1.165, 1.54) is 114 Å². The average Bonchev–Trinajstić information content (AvgIpc) is 4.45. The average molecular weight is 1130 g/mol. The Morgan fingerprint density at radius 2 is 1.55 bits per heavy atom. The highest BCUT2D eigenvalue weighted by Crippen LogP contribution is 2.72. The maximum absolute atomic E-state index is 15.1. The number of guanidine groups is 1. The van der Waals surface area contributed by atoms with E-state index in [-0.39, 0.29) is 62.9 Å². The van der Waals surface area contributed by atoms with Crippen molar-refractivity contribution >= 4 is 39.4 Å². The number of carbonyl (C=O) groups excluding carboxylic acids is 2. The highest BCUT2D eigenvalue weighted by molar-refractivity contribution is 8.77. The molecular weight excluding hydrogens is 1030 g/mol. The van der Waals surface area contributed by atoms with E-state index in [9.17, 15) is 15.0 Å². The molecular formula is C68H92N4O6S2. The van der Waals surface area contributed by atoms with E-state index < -0.39 is 17.3 Å². The highest BCUT2D eigenvalue weighted by Gasteiger charge is 2.65. The summed E-state index contributed by atoms with van der Waals surface area (Å²) in [5.41, 5.74) is 10.9. The van der Waals surface area contributed by atoms with E-state index in [0.717, 1.165) is 80.9 Å². The van der Waals surface area contributed by atoms with Crippen LogP contribution in [0.2, 0.25) is 0 Å². The van der Waals surface area contributed by atoms with Crippen molar-refractivity contribution in [3.8, 4) is 11.5 Å². The van der Waals surface area contributed by atoms with Gasteiger partial charge < -0.3 is 35.6 Å². The van der Waals surface area contributed by atoms with E-state index >= 15 is 4.79 Å². The zero-order valence-electron chi connectivity index (χ0n) is 48.0. The fourth-order valence-electron chi connectivity index (χ4n) is 23.2. The number of hydrogen-bond acceptors (Lipinski definition) is 11. The Labute approximate surface area is 484 Å². The van der Waals surface area contributed by atoms with Crippen molar-refractivity contribution < 1.29 is 29.3 Å². The summed E-state index contributed by atoms with van der Waals surface area (Å²) in [5.74, 6) is 4.83. The van der Waals surface area contributed by atoms with Gasteiger partial charge in [-0.25, -0.2) is 0 Å². The van der Waals surface area contributed by atoms with Crippen LogP contribution in [-0.4, -0.2) is 74.0 Å². The molecule has 10 nitrogen and oxygen atoms in total. The predicted octanol–water partition coefficient (Wildman–Crippen LogP) is 13.8. The van der Waals surface area contributed by atoms with Gasteiger partial charge in [0.05, 0.1) is 6.10 Å². The number of amides is 1. The summed E-state index contributed by atoms with van der Waals surface area (Å²) in [7, 11) is 4.32. The number of aliphatic hydroxyl groups is 1. The molecule has 6 spiro atoms. The molecule has 432 valence electrons. The molecule has 17 aliphatic rings. The lowest BCUT2D eigenvalue weighted by Gasteiger charge is -2.59. The molecule has 0 aromatic heterocycles. The Morgan fingerprint density at radius 3 is 2.36 bits per heavy atom. The zero-order valence-corrected chi connectivity index (χ0v) is 49.7. The molecule has 2 aromatic rings. The molecule has 5 N–H and O–H groups in total. The fraction of sp³-hybridized carbons (Fsp3) is 0.750. The molecule has 0 unspecified atom stereocenters. The van der Waals surface area contributed by atoms with Gasteiger partial charge in [0, 0.05) is 84.9 Å². The number of phenolic OH excluding ortho intramolecular Hbond substituents is 1. The minimum Gasteiger partial charge on any atom is -0.504 e. The first kappa shape index (κ1) is 53.4. The molecule has 19 rings (SSSR count). The molecule has 0 radical (unpaired) electrons. The number of aliphatic hydroxyl groups excluding tert-OH is 1. The standard InChI is InChI=1S/C68H92N4O6S2/c1-43(73)77-67-36-47-15-17-51(67)34-48-32-49(59(76)60-58(48)45-21-31-66(78-60)29-9-14-50(66)33-45)40-72-42-64(38-56(72)75)52(19-20-54(64)44-12-3-2-4-13-44)39-70-61(69)71-68(30-11-27-63(68)24-7-8-25-63)80-79-41-53-18-16-46(57(47)55(74)37-67)35-65(53)28-10-26-62(65)22-5-6-23-62/h2-4,12-13,21,31-32,45-47,50-55,57,74,76H,5-11,14-20,22-30,33-42H2,1H3,(H3,69,70,71)/t45-,46+,47+,50+,51-,52+,53+,54+,55-,57+,64-,65+,66+,67+,68+/m1/s1. The van der Waals surface area contributed by atoms with Crippen molar-refractivity contribution in [3.63, 3.8) is 0 Å². The number of ether oxygens (including phenoxy) is 2. The molecule has 15 atom stereocenters. The third-order valence-corrected chi connectivity index (χ3v) is 29.8. The fourth-order valence-corrected chi connectivity index (χ4v) is 27.2. The van der Waals surface area contributed by atoms with E-state index in [4.69, 9.17) is 20.2 Å². The number of nitrogens with one attached hydrogen (secondary N) is 1. The van der Waals surface area contributed by atoms with Crippen molar-refractivity contribution in [3.05, 3.63) is 70.8 Å². The second kappa shape index (κ2) is 19.9. The summed E-state index contributed by atoms with van der Waals surface area (Å²) in [5, 5.41) is 30.0. The van der Waals surface area contributed by atoms with Crippen LogP contribution in [0.25, 0.3) is 0 Å². The van der Waals surface area contributed by atoms with E-state index in [1.807, 2.05) is 0 Å². The number of allylic oxidation sites excluding steroid dienone is 1. The summed E-state index contributed by atoms with van der Waals surface area (Å²) in [6, 6.07) is 13.1. The van der Waals surface area contributed by atoms with Gasteiger partial charge in [-0.05, 0) is 211 Å². The zero-order chi connectivity index (χ0) is 54.3. The van der Waals surface area contributed by atoms with Crippen LogP contribution in [0.5, 0.6) is 11.5 Å². The Balaban J connectivity index is 0.843. The quantitative estimate of drug-likeness (QED) is 0.130. The summed E-state index contributed by atoms with van der Waals surface area (Å²) < 4.78 is 14.1. The Hall–Kier alpha value is -3.35. The molecule has 12 heteroatoms. The van der Waals surface area contributed by atoms with Crippen LogP contribution in [0.15, 0.2) is 53.5 Å². The summed E-state index contributed by atoms with van der Waals surface area (Å²) >= 11 is 0. The summed E-state index contributed by atoms with van der Waals surface area (Å²) in [4.78, 5) is 36.0. The number of aliphatic imine (C=N–C) groups is 1. The Bertz CT molecular complexity index is 2800. The van der Waals surface area contributed by atoms with Crippen molar-refractivity contribution in [2.45, 2.75) is 234 Å². The predicted molar refractivity (Wildman–Crippen MR) is 318 cm³/mol. The number of nitrogens with two attached hydrogens (primary N) is 1. The lowest BCUT2D eigenvalue weighted by molar-refractivity contribution is -0.202. The van der Waals surface area contributed by atoms with Crippen molar-refractivity contribution in [1.29, 1.82) is 0 Å². The van der Waals surface area contributed by atoms with Crippen molar-refractivity contribution in [1.82, 2.24) is 10.2 Å². The minimum absolute atomic E-state index is 0.00910. The van der Waals surface area contributed by atoms with Crippen LogP contribution < -0.4 is 15.8 Å². The third-order valence-electron chi connectivity index (χ3n) is 26.5. The van der Waals surface area contributed by atoms with Crippen LogP contribution in [0.4, 0.5) is 0 Å². The molecule has 7 heterocycles. The van der Waals surface area contributed by atoms with Crippen molar-refractivity contribution in [2.75, 3.05) is 18.8 Å². The van der Waals surface area contributed by atoms with E-state index in [1.54, 1.807) is 6.92 Å². The van der Waals surface area contributed by atoms with Crippen LogP contribution >= 0.6 is 21.6 Å². The SMILES string of the molecule is CC(=O)O[C@]12C[C@@H]3CC[C@@H]1Cc1cc(c(O)c4c1[C@@H]1C=C[C@]5(CCC[C@H]5C1)O4)CN1C[C@]4(CC1=O)[C@@H](CC[C@H]4c1ccccc1)CN=C(N)N[C@@]1(CCCC14CCCC4)SSC[C@@H]1CC[C@@H](C[C@@]14CCCC41CCCC1)[C@@H]3[C@H](O)C2. The number of hydrogen-bond donors (Lipinski definition) is 4.